The molecule has 1 aliphatic heterocycles. The third-order valence-corrected chi connectivity index (χ3v) is 3.75. The molecule has 1 saturated heterocycles. The number of hydrogen-bond donors (Lipinski definition) is 1. The van der Waals surface area contributed by atoms with Gasteiger partial charge in [-0.15, -0.1) is 0 Å². The Morgan fingerprint density at radius 2 is 2.11 bits per heavy atom. The Hall–Kier alpha value is -1.33. The monoisotopic (exact) mass is 322 g/mol. The molecule has 100 valence electrons. The standard InChI is InChI=1S/C14H15BrN2O2/c15-9-1-2-13-11(7-9)14(12(16)8-17-13)19-10-3-5-18-6-4-10/h1-2,7-8,10H,3-6,16H2. The molecule has 2 aromatic rings. The molecule has 0 atom stereocenters. The van der Waals surface area contributed by atoms with Gasteiger partial charge in [-0.1, -0.05) is 15.9 Å². The summed E-state index contributed by atoms with van der Waals surface area (Å²) in [5, 5.41) is 0.945. The van der Waals surface area contributed by atoms with Crippen molar-refractivity contribution in [2.24, 2.45) is 0 Å². The lowest BCUT2D eigenvalue weighted by Gasteiger charge is -2.24. The van der Waals surface area contributed by atoms with Crippen molar-refractivity contribution < 1.29 is 9.47 Å². The number of halogens is 1. The van der Waals surface area contributed by atoms with E-state index in [-0.39, 0.29) is 6.10 Å². The summed E-state index contributed by atoms with van der Waals surface area (Å²) >= 11 is 3.47. The Kier molecular flexibility index (Phi) is 3.57. The van der Waals surface area contributed by atoms with Gasteiger partial charge in [0.2, 0.25) is 0 Å². The highest BCUT2D eigenvalue weighted by Gasteiger charge is 2.18. The smallest absolute Gasteiger partial charge is 0.153 e. The second-order valence-corrected chi connectivity index (χ2v) is 5.55. The number of rotatable bonds is 2. The molecular formula is C14H15BrN2O2. The van der Waals surface area contributed by atoms with Crippen LogP contribution in [0.4, 0.5) is 5.69 Å². The van der Waals surface area contributed by atoms with Crippen LogP contribution in [0.25, 0.3) is 10.9 Å². The third kappa shape index (κ3) is 2.67. The van der Waals surface area contributed by atoms with E-state index in [2.05, 4.69) is 20.9 Å². The number of ether oxygens (including phenoxy) is 2. The highest BCUT2D eigenvalue weighted by Crippen LogP contribution is 2.33. The zero-order valence-corrected chi connectivity index (χ0v) is 12.0. The third-order valence-electron chi connectivity index (χ3n) is 3.26. The molecule has 5 heteroatoms. The fourth-order valence-electron chi connectivity index (χ4n) is 2.25. The largest absolute Gasteiger partial charge is 0.487 e. The molecule has 0 aliphatic carbocycles. The highest BCUT2D eigenvalue weighted by molar-refractivity contribution is 9.10. The fraction of sp³-hybridized carbons (Fsp3) is 0.357. The summed E-state index contributed by atoms with van der Waals surface area (Å²) in [6, 6.07) is 5.91. The van der Waals surface area contributed by atoms with Crippen molar-refractivity contribution in [3.8, 4) is 5.75 Å². The Balaban J connectivity index is 2.00. The molecule has 2 N–H and O–H groups in total. The molecule has 3 rings (SSSR count). The Morgan fingerprint density at radius 3 is 2.89 bits per heavy atom. The van der Waals surface area contributed by atoms with Gasteiger partial charge in [-0.05, 0) is 18.2 Å². The Morgan fingerprint density at radius 1 is 1.32 bits per heavy atom. The van der Waals surface area contributed by atoms with Gasteiger partial charge in [0.15, 0.2) is 5.75 Å². The number of benzene rings is 1. The molecule has 0 unspecified atom stereocenters. The lowest BCUT2D eigenvalue weighted by molar-refractivity contribution is 0.0264. The first-order valence-corrected chi connectivity index (χ1v) is 7.11. The molecule has 2 heterocycles. The van der Waals surface area contributed by atoms with Gasteiger partial charge in [-0.25, -0.2) is 0 Å². The van der Waals surface area contributed by atoms with Crippen molar-refractivity contribution in [1.82, 2.24) is 4.98 Å². The van der Waals surface area contributed by atoms with Crippen LogP contribution in [0.1, 0.15) is 12.8 Å². The number of nitrogens with two attached hydrogens (primary N) is 1. The molecule has 1 fully saturated rings. The van der Waals surface area contributed by atoms with E-state index in [1.54, 1.807) is 6.20 Å². The minimum atomic E-state index is 0.167. The van der Waals surface area contributed by atoms with Crippen LogP contribution in [-0.2, 0) is 4.74 Å². The molecule has 0 amide bonds. The van der Waals surface area contributed by atoms with Gasteiger partial charge in [0, 0.05) is 22.7 Å². The van der Waals surface area contributed by atoms with Gasteiger partial charge in [0.1, 0.15) is 6.10 Å². The first kappa shape index (κ1) is 12.7. The van der Waals surface area contributed by atoms with Gasteiger partial charge >= 0.3 is 0 Å². The minimum absolute atomic E-state index is 0.167. The maximum absolute atomic E-state index is 6.09. The molecule has 1 aliphatic rings. The predicted octanol–water partition coefficient (Wildman–Crippen LogP) is 3.14. The summed E-state index contributed by atoms with van der Waals surface area (Å²) in [6.45, 7) is 1.49. The van der Waals surface area contributed by atoms with E-state index in [0.29, 0.717) is 5.69 Å². The summed E-state index contributed by atoms with van der Waals surface area (Å²) in [6.07, 6.45) is 3.63. The summed E-state index contributed by atoms with van der Waals surface area (Å²) in [7, 11) is 0. The molecule has 19 heavy (non-hydrogen) atoms. The van der Waals surface area contributed by atoms with Crippen molar-refractivity contribution in [2.45, 2.75) is 18.9 Å². The van der Waals surface area contributed by atoms with Crippen LogP contribution in [0.3, 0.4) is 0 Å². The molecule has 0 spiro atoms. The number of hydrogen-bond acceptors (Lipinski definition) is 4. The van der Waals surface area contributed by atoms with E-state index in [1.807, 2.05) is 18.2 Å². The van der Waals surface area contributed by atoms with Crippen LogP contribution >= 0.6 is 15.9 Å². The maximum atomic E-state index is 6.09. The zero-order chi connectivity index (χ0) is 13.2. The van der Waals surface area contributed by atoms with Gasteiger partial charge in [0.25, 0.3) is 0 Å². The zero-order valence-electron chi connectivity index (χ0n) is 10.4. The van der Waals surface area contributed by atoms with E-state index in [1.165, 1.54) is 0 Å². The molecule has 4 nitrogen and oxygen atoms in total. The van der Waals surface area contributed by atoms with E-state index >= 15 is 0 Å². The second kappa shape index (κ2) is 5.35. The average molecular weight is 323 g/mol. The van der Waals surface area contributed by atoms with Crippen LogP contribution in [0.2, 0.25) is 0 Å². The summed E-state index contributed by atoms with van der Waals surface area (Å²) in [5.41, 5.74) is 7.49. The van der Waals surface area contributed by atoms with Crippen molar-refractivity contribution in [2.75, 3.05) is 18.9 Å². The lowest BCUT2D eigenvalue weighted by atomic mass is 10.1. The highest BCUT2D eigenvalue weighted by atomic mass is 79.9. The molecule has 0 radical (unpaired) electrons. The van der Waals surface area contributed by atoms with Crippen LogP contribution < -0.4 is 10.5 Å². The predicted molar refractivity (Wildman–Crippen MR) is 78.3 cm³/mol. The van der Waals surface area contributed by atoms with Crippen LogP contribution in [0.15, 0.2) is 28.9 Å². The van der Waals surface area contributed by atoms with Crippen molar-refractivity contribution in [1.29, 1.82) is 0 Å². The van der Waals surface area contributed by atoms with Crippen LogP contribution in [0.5, 0.6) is 5.75 Å². The molecule has 1 aromatic heterocycles. The van der Waals surface area contributed by atoms with Crippen molar-refractivity contribution in [3.63, 3.8) is 0 Å². The minimum Gasteiger partial charge on any atom is -0.487 e. The second-order valence-electron chi connectivity index (χ2n) is 4.63. The van der Waals surface area contributed by atoms with Gasteiger partial charge in [0.05, 0.1) is 30.6 Å². The van der Waals surface area contributed by atoms with Gasteiger partial charge in [-0.3, -0.25) is 4.98 Å². The number of nitrogen functional groups attached to an aromatic ring is 1. The van der Waals surface area contributed by atoms with E-state index in [9.17, 15) is 0 Å². The first-order chi connectivity index (χ1) is 9.24. The van der Waals surface area contributed by atoms with Gasteiger partial charge in [-0.2, -0.15) is 0 Å². The summed E-state index contributed by atoms with van der Waals surface area (Å²) < 4.78 is 12.4. The van der Waals surface area contributed by atoms with Crippen LogP contribution in [0, 0.1) is 0 Å². The number of anilines is 1. The number of pyridine rings is 1. The Labute approximate surface area is 120 Å². The average Bonchev–Trinajstić information content (AvgIpc) is 2.43. The summed E-state index contributed by atoms with van der Waals surface area (Å²) in [5.74, 6) is 0.734. The van der Waals surface area contributed by atoms with E-state index < -0.39 is 0 Å². The van der Waals surface area contributed by atoms with Crippen molar-refractivity contribution >= 4 is 32.5 Å². The van der Waals surface area contributed by atoms with Crippen molar-refractivity contribution in [3.05, 3.63) is 28.9 Å². The molecule has 0 saturated carbocycles. The topological polar surface area (TPSA) is 57.4 Å². The molecule has 1 aromatic carbocycles. The van der Waals surface area contributed by atoms with Gasteiger partial charge < -0.3 is 15.2 Å². The SMILES string of the molecule is Nc1cnc2ccc(Br)cc2c1OC1CCOCC1. The summed E-state index contributed by atoms with van der Waals surface area (Å²) in [4.78, 5) is 4.33. The van der Waals surface area contributed by atoms with E-state index in [4.69, 9.17) is 15.2 Å². The Bertz CT molecular complexity index is 592. The number of aromatic nitrogens is 1. The van der Waals surface area contributed by atoms with Crippen LogP contribution in [-0.4, -0.2) is 24.3 Å². The first-order valence-electron chi connectivity index (χ1n) is 6.32. The lowest BCUT2D eigenvalue weighted by Crippen LogP contribution is -2.26. The normalized spacial score (nSPS) is 16.7. The number of nitrogens with zero attached hydrogens (tertiary/aromatic N) is 1. The molecular weight excluding hydrogens is 308 g/mol. The maximum Gasteiger partial charge on any atom is 0.153 e. The quantitative estimate of drug-likeness (QED) is 0.922. The fourth-order valence-corrected chi connectivity index (χ4v) is 2.61. The number of fused-ring (bicyclic) bond motifs is 1. The van der Waals surface area contributed by atoms with E-state index in [0.717, 1.165) is 47.2 Å². The molecule has 0 bridgehead atoms.